The van der Waals surface area contributed by atoms with Gasteiger partial charge in [-0.3, -0.25) is 0 Å². The summed E-state index contributed by atoms with van der Waals surface area (Å²) in [5.41, 5.74) is 0. The fourth-order valence-corrected chi connectivity index (χ4v) is 2.12. The molecule has 1 heterocycles. The fourth-order valence-electron chi connectivity index (χ4n) is 1.64. The van der Waals surface area contributed by atoms with E-state index in [1.807, 2.05) is 0 Å². The zero-order valence-corrected chi connectivity index (χ0v) is 11.4. The highest BCUT2D eigenvalue weighted by molar-refractivity contribution is 7.89. The minimum Gasteiger partial charge on any atom is -0.447 e. The molecule has 1 aromatic heterocycles. The van der Waals surface area contributed by atoms with Crippen molar-refractivity contribution in [3.8, 4) is 0 Å². The Hall–Kier alpha value is -0.890. The molecule has 0 saturated heterocycles. The molecule has 0 bridgehead atoms. The molecule has 1 rings (SSSR count). The molecule has 0 amide bonds. The van der Waals surface area contributed by atoms with Gasteiger partial charge in [-0.15, -0.1) is 0 Å². The van der Waals surface area contributed by atoms with E-state index in [9.17, 15) is 13.5 Å². The molecule has 0 aliphatic rings. The van der Waals surface area contributed by atoms with E-state index in [0.717, 1.165) is 6.42 Å². The molecule has 1 aromatic rings. The Labute approximate surface area is 107 Å². The van der Waals surface area contributed by atoms with Crippen LogP contribution in [0.25, 0.3) is 0 Å². The first kappa shape index (κ1) is 15.2. The Morgan fingerprint density at radius 3 is 2.56 bits per heavy atom. The normalized spacial score (nSPS) is 14.1. The SMILES string of the molecule is CC(C)CC(CO)NCc1ccc(S(N)(=O)=O)o1. The maximum absolute atomic E-state index is 11.0. The van der Waals surface area contributed by atoms with Crippen LogP contribution in [0, 0.1) is 5.92 Å². The minimum absolute atomic E-state index is 0.0287. The van der Waals surface area contributed by atoms with Crippen LogP contribution in [0.15, 0.2) is 21.6 Å². The number of hydrogen-bond acceptors (Lipinski definition) is 5. The highest BCUT2D eigenvalue weighted by Gasteiger charge is 2.14. The van der Waals surface area contributed by atoms with E-state index in [2.05, 4.69) is 19.2 Å². The van der Waals surface area contributed by atoms with Crippen molar-refractivity contribution in [1.29, 1.82) is 0 Å². The molecule has 0 aromatic carbocycles. The topological polar surface area (TPSA) is 106 Å². The molecule has 1 atom stereocenters. The van der Waals surface area contributed by atoms with Crippen molar-refractivity contribution in [3.63, 3.8) is 0 Å². The van der Waals surface area contributed by atoms with Gasteiger partial charge in [0.2, 0.25) is 5.09 Å². The molecule has 0 fully saturated rings. The fraction of sp³-hybridized carbons (Fsp3) is 0.636. The number of nitrogens with two attached hydrogens (primary N) is 1. The van der Waals surface area contributed by atoms with Gasteiger partial charge in [0.1, 0.15) is 5.76 Å². The lowest BCUT2D eigenvalue weighted by atomic mass is 10.0. The lowest BCUT2D eigenvalue weighted by Gasteiger charge is -2.17. The molecule has 0 aliphatic carbocycles. The maximum Gasteiger partial charge on any atom is 0.271 e. The third-order valence-corrected chi connectivity index (χ3v) is 3.24. The highest BCUT2D eigenvalue weighted by Crippen LogP contribution is 2.12. The van der Waals surface area contributed by atoms with E-state index in [1.54, 1.807) is 6.07 Å². The van der Waals surface area contributed by atoms with E-state index >= 15 is 0 Å². The van der Waals surface area contributed by atoms with Crippen LogP contribution in [-0.2, 0) is 16.6 Å². The highest BCUT2D eigenvalue weighted by atomic mass is 32.2. The summed E-state index contributed by atoms with van der Waals surface area (Å²) >= 11 is 0. The molecular weight excluding hydrogens is 256 g/mol. The smallest absolute Gasteiger partial charge is 0.271 e. The monoisotopic (exact) mass is 276 g/mol. The Bertz CT molecular complexity index is 467. The van der Waals surface area contributed by atoms with Crippen LogP contribution in [-0.4, -0.2) is 26.2 Å². The molecule has 104 valence electrons. The molecule has 18 heavy (non-hydrogen) atoms. The third kappa shape index (κ3) is 4.77. The van der Waals surface area contributed by atoms with Gasteiger partial charge in [0, 0.05) is 6.04 Å². The summed E-state index contributed by atoms with van der Waals surface area (Å²) in [4.78, 5) is 0. The van der Waals surface area contributed by atoms with Crippen LogP contribution in [0.3, 0.4) is 0 Å². The molecule has 0 saturated carbocycles. The van der Waals surface area contributed by atoms with Crippen LogP contribution in [0.4, 0.5) is 0 Å². The average molecular weight is 276 g/mol. The second-order valence-corrected chi connectivity index (χ2v) is 6.15. The Morgan fingerprint density at radius 2 is 2.11 bits per heavy atom. The summed E-state index contributed by atoms with van der Waals surface area (Å²) in [6, 6.07) is 2.84. The summed E-state index contributed by atoms with van der Waals surface area (Å²) in [6.07, 6.45) is 0.833. The van der Waals surface area contributed by atoms with E-state index in [4.69, 9.17) is 9.56 Å². The molecule has 0 radical (unpaired) electrons. The van der Waals surface area contributed by atoms with E-state index in [0.29, 0.717) is 18.2 Å². The first-order valence-electron chi connectivity index (χ1n) is 5.78. The number of furan rings is 1. The Kier molecular flexibility index (Phi) is 5.33. The Balaban J connectivity index is 2.55. The van der Waals surface area contributed by atoms with Crippen molar-refractivity contribution >= 4 is 10.0 Å². The first-order chi connectivity index (χ1) is 8.32. The zero-order valence-electron chi connectivity index (χ0n) is 10.6. The van der Waals surface area contributed by atoms with Gasteiger partial charge in [-0.05, 0) is 24.5 Å². The van der Waals surface area contributed by atoms with Crippen molar-refractivity contribution in [1.82, 2.24) is 5.32 Å². The molecule has 0 aliphatic heterocycles. The maximum atomic E-state index is 11.0. The predicted molar refractivity (Wildman–Crippen MR) is 67.2 cm³/mol. The van der Waals surface area contributed by atoms with Crippen LogP contribution in [0.1, 0.15) is 26.0 Å². The van der Waals surface area contributed by atoms with Gasteiger partial charge < -0.3 is 14.8 Å². The quantitative estimate of drug-likeness (QED) is 0.669. The largest absolute Gasteiger partial charge is 0.447 e. The van der Waals surface area contributed by atoms with Crippen LogP contribution in [0.2, 0.25) is 0 Å². The summed E-state index contributed by atoms with van der Waals surface area (Å²) in [7, 11) is -3.79. The molecular formula is C11H20N2O4S. The van der Waals surface area contributed by atoms with Crippen LogP contribution < -0.4 is 10.5 Å². The molecule has 0 spiro atoms. The van der Waals surface area contributed by atoms with Crippen molar-refractivity contribution in [2.45, 2.75) is 37.9 Å². The lowest BCUT2D eigenvalue weighted by molar-refractivity contribution is 0.220. The van der Waals surface area contributed by atoms with Gasteiger partial charge in [0.15, 0.2) is 0 Å². The second-order valence-electron chi connectivity index (χ2n) is 4.66. The number of sulfonamides is 1. The summed E-state index contributed by atoms with van der Waals surface area (Å²) in [5, 5.41) is 17.0. The van der Waals surface area contributed by atoms with Crippen molar-refractivity contribution in [2.24, 2.45) is 11.1 Å². The molecule has 7 heteroatoms. The van der Waals surface area contributed by atoms with E-state index in [-0.39, 0.29) is 17.7 Å². The van der Waals surface area contributed by atoms with E-state index < -0.39 is 10.0 Å². The number of nitrogens with one attached hydrogen (secondary N) is 1. The summed E-state index contributed by atoms with van der Waals surface area (Å²) in [5.74, 6) is 0.937. The predicted octanol–water partition coefficient (Wildman–Crippen LogP) is 0.424. The standard InChI is InChI=1S/C11H20N2O4S/c1-8(2)5-9(7-14)13-6-10-3-4-11(17-10)18(12,15)16/h3-4,8-9,13-14H,5-7H2,1-2H3,(H2,12,15,16). The molecule has 6 nitrogen and oxygen atoms in total. The lowest BCUT2D eigenvalue weighted by Crippen LogP contribution is -2.33. The second kappa shape index (κ2) is 6.33. The Morgan fingerprint density at radius 1 is 1.44 bits per heavy atom. The summed E-state index contributed by atoms with van der Waals surface area (Å²) < 4.78 is 27.1. The first-order valence-corrected chi connectivity index (χ1v) is 7.33. The minimum atomic E-state index is -3.79. The van der Waals surface area contributed by atoms with Crippen molar-refractivity contribution < 1.29 is 17.9 Å². The number of primary sulfonamides is 1. The number of hydrogen-bond donors (Lipinski definition) is 3. The van der Waals surface area contributed by atoms with Crippen molar-refractivity contribution in [2.75, 3.05) is 6.61 Å². The van der Waals surface area contributed by atoms with Gasteiger partial charge in [-0.25, -0.2) is 13.6 Å². The van der Waals surface area contributed by atoms with Crippen molar-refractivity contribution in [3.05, 3.63) is 17.9 Å². The average Bonchev–Trinajstić information content (AvgIpc) is 2.71. The number of aliphatic hydroxyl groups excluding tert-OH is 1. The van der Waals surface area contributed by atoms with Gasteiger partial charge in [-0.1, -0.05) is 13.8 Å². The van der Waals surface area contributed by atoms with Gasteiger partial charge >= 0.3 is 0 Å². The van der Waals surface area contributed by atoms with E-state index in [1.165, 1.54) is 6.07 Å². The van der Waals surface area contributed by atoms with Gasteiger partial charge in [0.05, 0.1) is 13.2 Å². The van der Waals surface area contributed by atoms with Gasteiger partial charge in [-0.2, -0.15) is 0 Å². The van der Waals surface area contributed by atoms with Gasteiger partial charge in [0.25, 0.3) is 10.0 Å². The summed E-state index contributed by atoms with van der Waals surface area (Å²) in [6.45, 7) is 4.51. The zero-order chi connectivity index (χ0) is 13.8. The van der Waals surface area contributed by atoms with Crippen LogP contribution >= 0.6 is 0 Å². The third-order valence-electron chi connectivity index (χ3n) is 2.46. The van der Waals surface area contributed by atoms with Crippen LogP contribution in [0.5, 0.6) is 0 Å². The number of rotatable bonds is 7. The molecule has 4 N–H and O–H groups in total. The molecule has 1 unspecified atom stereocenters. The number of aliphatic hydroxyl groups is 1.